The number of nitrogens with zero attached hydrogens (tertiary/aromatic N) is 1. The van der Waals surface area contributed by atoms with Gasteiger partial charge in [0.15, 0.2) is 0 Å². The van der Waals surface area contributed by atoms with Gasteiger partial charge in [0.05, 0.1) is 7.11 Å². The van der Waals surface area contributed by atoms with Crippen molar-refractivity contribution in [1.29, 1.82) is 0 Å². The number of fused-ring (bicyclic) bond motifs is 1. The van der Waals surface area contributed by atoms with Crippen molar-refractivity contribution in [3.63, 3.8) is 0 Å². The minimum absolute atomic E-state index is 0.156. The predicted octanol–water partition coefficient (Wildman–Crippen LogP) is 2.17. The molecule has 0 saturated heterocycles. The molecular weight excluding hydrogens is 214 g/mol. The van der Waals surface area contributed by atoms with Gasteiger partial charge < -0.3 is 4.74 Å². The van der Waals surface area contributed by atoms with Gasteiger partial charge in [-0.15, -0.1) is 0 Å². The van der Waals surface area contributed by atoms with Crippen LogP contribution in [0.25, 0.3) is 0 Å². The zero-order chi connectivity index (χ0) is 12.4. The molecule has 1 aromatic rings. The Morgan fingerprint density at radius 1 is 1.47 bits per heavy atom. The Hall–Kier alpha value is -1.35. The Labute approximate surface area is 102 Å². The predicted molar refractivity (Wildman–Crippen MR) is 66.7 cm³/mol. The van der Waals surface area contributed by atoms with Crippen LogP contribution in [0, 0.1) is 0 Å². The largest absolute Gasteiger partial charge is 0.468 e. The summed E-state index contributed by atoms with van der Waals surface area (Å²) in [7, 11) is 1.44. The van der Waals surface area contributed by atoms with Crippen LogP contribution in [-0.2, 0) is 16.1 Å². The van der Waals surface area contributed by atoms with E-state index in [1.807, 2.05) is 6.92 Å². The molecule has 2 atom stereocenters. The molecule has 0 saturated carbocycles. The molecule has 3 nitrogen and oxygen atoms in total. The summed E-state index contributed by atoms with van der Waals surface area (Å²) in [6.45, 7) is 5.85. The lowest BCUT2D eigenvalue weighted by Crippen LogP contribution is -2.43. The first-order valence-corrected chi connectivity index (χ1v) is 6.03. The fourth-order valence-electron chi connectivity index (χ4n) is 2.51. The SMILES string of the molecule is COC(=O)C(C)N1Cc2ccccc2C(C)C1. The fourth-order valence-corrected chi connectivity index (χ4v) is 2.51. The summed E-state index contributed by atoms with van der Waals surface area (Å²) < 4.78 is 4.81. The van der Waals surface area contributed by atoms with Gasteiger partial charge in [-0.05, 0) is 24.0 Å². The Balaban J connectivity index is 2.19. The number of methoxy groups -OCH3 is 1. The summed E-state index contributed by atoms with van der Waals surface area (Å²) in [6.07, 6.45) is 0. The smallest absolute Gasteiger partial charge is 0.322 e. The van der Waals surface area contributed by atoms with Gasteiger partial charge >= 0.3 is 5.97 Å². The number of ether oxygens (including phenoxy) is 1. The molecule has 1 aliphatic rings. The van der Waals surface area contributed by atoms with Gasteiger partial charge in [-0.1, -0.05) is 31.2 Å². The molecule has 0 radical (unpaired) electrons. The molecule has 0 N–H and O–H groups in total. The van der Waals surface area contributed by atoms with E-state index in [1.165, 1.54) is 18.2 Å². The van der Waals surface area contributed by atoms with Gasteiger partial charge in [0.2, 0.25) is 0 Å². The maximum atomic E-state index is 11.6. The van der Waals surface area contributed by atoms with E-state index in [4.69, 9.17) is 4.74 Å². The van der Waals surface area contributed by atoms with Gasteiger partial charge in [-0.3, -0.25) is 9.69 Å². The van der Waals surface area contributed by atoms with Crippen molar-refractivity contribution < 1.29 is 9.53 Å². The van der Waals surface area contributed by atoms with Gasteiger partial charge in [0, 0.05) is 13.1 Å². The fraction of sp³-hybridized carbons (Fsp3) is 0.500. The van der Waals surface area contributed by atoms with Crippen molar-refractivity contribution in [1.82, 2.24) is 4.90 Å². The lowest BCUT2D eigenvalue weighted by Gasteiger charge is -2.35. The van der Waals surface area contributed by atoms with Gasteiger partial charge in [-0.25, -0.2) is 0 Å². The zero-order valence-electron chi connectivity index (χ0n) is 10.6. The summed E-state index contributed by atoms with van der Waals surface area (Å²) in [5.74, 6) is 0.309. The highest BCUT2D eigenvalue weighted by molar-refractivity contribution is 5.75. The number of benzene rings is 1. The minimum atomic E-state index is -0.171. The Bertz CT molecular complexity index is 416. The summed E-state index contributed by atoms with van der Waals surface area (Å²) in [5, 5.41) is 0. The van der Waals surface area contributed by atoms with Crippen LogP contribution >= 0.6 is 0 Å². The van der Waals surface area contributed by atoms with Crippen molar-refractivity contribution in [3.8, 4) is 0 Å². The van der Waals surface area contributed by atoms with Crippen LogP contribution in [-0.4, -0.2) is 30.6 Å². The van der Waals surface area contributed by atoms with Crippen LogP contribution in [0.1, 0.15) is 30.9 Å². The summed E-state index contributed by atoms with van der Waals surface area (Å²) >= 11 is 0. The molecule has 1 aromatic carbocycles. The standard InChI is InChI=1S/C14H19NO2/c1-10-8-15(11(2)14(16)17-3)9-12-6-4-5-7-13(10)12/h4-7,10-11H,8-9H2,1-3H3. The molecule has 0 bridgehead atoms. The highest BCUT2D eigenvalue weighted by atomic mass is 16.5. The van der Waals surface area contributed by atoms with E-state index in [0.717, 1.165) is 13.1 Å². The van der Waals surface area contributed by atoms with Crippen LogP contribution in [0.15, 0.2) is 24.3 Å². The van der Waals surface area contributed by atoms with E-state index in [-0.39, 0.29) is 12.0 Å². The second kappa shape index (κ2) is 4.88. The number of carbonyl (C=O) groups excluding carboxylic acids is 1. The van der Waals surface area contributed by atoms with Crippen LogP contribution < -0.4 is 0 Å². The maximum absolute atomic E-state index is 11.6. The minimum Gasteiger partial charge on any atom is -0.468 e. The van der Waals surface area contributed by atoms with Crippen LogP contribution in [0.5, 0.6) is 0 Å². The highest BCUT2D eigenvalue weighted by Crippen LogP contribution is 2.28. The van der Waals surface area contributed by atoms with Gasteiger partial charge in [-0.2, -0.15) is 0 Å². The molecule has 2 unspecified atom stereocenters. The van der Waals surface area contributed by atoms with Crippen molar-refractivity contribution in [2.45, 2.75) is 32.4 Å². The molecule has 1 aliphatic heterocycles. The monoisotopic (exact) mass is 233 g/mol. The Morgan fingerprint density at radius 2 is 2.18 bits per heavy atom. The summed E-state index contributed by atoms with van der Waals surface area (Å²) in [4.78, 5) is 13.7. The number of rotatable bonds is 2. The molecule has 92 valence electrons. The van der Waals surface area contributed by atoms with E-state index in [1.54, 1.807) is 0 Å². The van der Waals surface area contributed by atoms with E-state index in [9.17, 15) is 4.79 Å². The lowest BCUT2D eigenvalue weighted by atomic mass is 9.90. The van der Waals surface area contributed by atoms with Crippen molar-refractivity contribution in [2.24, 2.45) is 0 Å². The topological polar surface area (TPSA) is 29.5 Å². The first-order valence-electron chi connectivity index (χ1n) is 6.03. The molecule has 3 heteroatoms. The zero-order valence-corrected chi connectivity index (χ0v) is 10.6. The molecule has 17 heavy (non-hydrogen) atoms. The van der Waals surface area contributed by atoms with Crippen LogP contribution in [0.3, 0.4) is 0 Å². The molecule has 0 aromatic heterocycles. The third-order valence-corrected chi connectivity index (χ3v) is 3.56. The van der Waals surface area contributed by atoms with Gasteiger partial charge in [0.1, 0.15) is 6.04 Å². The maximum Gasteiger partial charge on any atom is 0.322 e. The number of hydrogen-bond acceptors (Lipinski definition) is 3. The van der Waals surface area contributed by atoms with E-state index in [0.29, 0.717) is 5.92 Å². The average Bonchev–Trinajstić information content (AvgIpc) is 2.37. The second-order valence-corrected chi connectivity index (χ2v) is 4.73. The number of hydrogen-bond donors (Lipinski definition) is 0. The first kappa shape index (κ1) is 12.1. The lowest BCUT2D eigenvalue weighted by molar-refractivity contribution is -0.146. The molecule has 1 heterocycles. The highest BCUT2D eigenvalue weighted by Gasteiger charge is 2.28. The van der Waals surface area contributed by atoms with Crippen LogP contribution in [0.2, 0.25) is 0 Å². The molecule has 0 amide bonds. The number of carbonyl (C=O) groups is 1. The quantitative estimate of drug-likeness (QED) is 0.733. The molecule has 0 fully saturated rings. The third kappa shape index (κ3) is 2.34. The van der Waals surface area contributed by atoms with Crippen LogP contribution in [0.4, 0.5) is 0 Å². The van der Waals surface area contributed by atoms with E-state index in [2.05, 4.69) is 36.1 Å². The molecule has 0 aliphatic carbocycles. The van der Waals surface area contributed by atoms with Crippen molar-refractivity contribution in [3.05, 3.63) is 35.4 Å². The van der Waals surface area contributed by atoms with Crippen molar-refractivity contribution >= 4 is 5.97 Å². The molecule has 0 spiro atoms. The molecular formula is C14H19NO2. The second-order valence-electron chi connectivity index (χ2n) is 4.73. The average molecular weight is 233 g/mol. The van der Waals surface area contributed by atoms with E-state index >= 15 is 0 Å². The Kier molecular flexibility index (Phi) is 3.48. The first-order chi connectivity index (χ1) is 8.13. The Morgan fingerprint density at radius 3 is 2.88 bits per heavy atom. The summed E-state index contributed by atoms with van der Waals surface area (Å²) in [5.41, 5.74) is 2.72. The molecule has 2 rings (SSSR count). The number of esters is 1. The summed E-state index contributed by atoms with van der Waals surface area (Å²) in [6, 6.07) is 8.28. The van der Waals surface area contributed by atoms with E-state index < -0.39 is 0 Å². The van der Waals surface area contributed by atoms with Crippen molar-refractivity contribution in [2.75, 3.05) is 13.7 Å². The third-order valence-electron chi connectivity index (χ3n) is 3.56. The normalized spacial score (nSPS) is 21.7. The van der Waals surface area contributed by atoms with Gasteiger partial charge in [0.25, 0.3) is 0 Å².